The average Bonchev–Trinajstić information content (AvgIpc) is 3.10. The summed E-state index contributed by atoms with van der Waals surface area (Å²) in [5, 5.41) is 21.7. The molecule has 0 bridgehead atoms. The van der Waals surface area contributed by atoms with E-state index in [0.717, 1.165) is 10.4 Å². The maximum atomic E-state index is 12.2. The Morgan fingerprint density at radius 1 is 1.00 bits per heavy atom. The Balaban J connectivity index is 1.84. The van der Waals surface area contributed by atoms with Gasteiger partial charge in [0, 0.05) is 25.9 Å². The lowest BCUT2D eigenvalue weighted by Gasteiger charge is -2.06. The van der Waals surface area contributed by atoms with Crippen LogP contribution in [0.5, 0.6) is 5.75 Å². The smallest absolute Gasteiger partial charge is 0.352 e. The highest BCUT2D eigenvalue weighted by Gasteiger charge is 2.14. The van der Waals surface area contributed by atoms with E-state index < -0.39 is 11.9 Å². The van der Waals surface area contributed by atoms with Gasteiger partial charge < -0.3 is 15.5 Å². The van der Waals surface area contributed by atoms with Gasteiger partial charge in [0.1, 0.15) is 11.4 Å². The summed E-state index contributed by atoms with van der Waals surface area (Å²) in [4.78, 5) is 25.3. The fraction of sp³-hybridized carbons (Fsp3) is 0. The van der Waals surface area contributed by atoms with Crippen molar-refractivity contribution in [2.45, 2.75) is 0 Å². The molecule has 0 spiro atoms. The molecule has 0 aliphatic rings. The Morgan fingerprint density at radius 2 is 1.70 bits per heavy atom. The second kappa shape index (κ2) is 8.07. The van der Waals surface area contributed by atoms with E-state index in [4.69, 9.17) is 11.6 Å². The summed E-state index contributed by atoms with van der Waals surface area (Å²) in [6, 6.07) is 16.5. The average molecular weight is 400 g/mol. The molecule has 3 N–H and O–H groups in total. The van der Waals surface area contributed by atoms with Crippen LogP contribution in [0.4, 0.5) is 0 Å². The maximum absolute atomic E-state index is 12.2. The van der Waals surface area contributed by atoms with Gasteiger partial charge in [-0.3, -0.25) is 4.79 Å². The number of hydrogen-bond donors (Lipinski definition) is 3. The highest BCUT2D eigenvalue weighted by atomic mass is 35.5. The van der Waals surface area contributed by atoms with Gasteiger partial charge in [-0.25, -0.2) is 4.79 Å². The summed E-state index contributed by atoms with van der Waals surface area (Å²) in [6.45, 7) is 0. The van der Waals surface area contributed by atoms with E-state index in [1.165, 1.54) is 41.7 Å². The Bertz CT molecular complexity index is 1020. The Labute approximate surface area is 164 Å². The second-order valence-electron chi connectivity index (χ2n) is 5.55. The number of benzene rings is 2. The van der Waals surface area contributed by atoms with Gasteiger partial charge in [0.05, 0.1) is 0 Å². The number of nitrogens with one attached hydrogen (secondary N) is 1. The van der Waals surface area contributed by atoms with Crippen molar-refractivity contribution < 1.29 is 19.8 Å². The zero-order valence-corrected chi connectivity index (χ0v) is 15.4. The largest absolute Gasteiger partial charge is 0.508 e. The zero-order chi connectivity index (χ0) is 19.4. The number of amides is 1. The third-order valence-electron chi connectivity index (χ3n) is 3.66. The number of carboxylic acid groups (broad SMARTS) is 1. The number of aliphatic carboxylic acids is 1. The minimum Gasteiger partial charge on any atom is -0.508 e. The lowest BCUT2D eigenvalue weighted by Crippen LogP contribution is -2.27. The summed E-state index contributed by atoms with van der Waals surface area (Å²) < 4.78 is 0. The van der Waals surface area contributed by atoms with Crippen LogP contribution < -0.4 is 5.32 Å². The molecule has 0 aliphatic heterocycles. The van der Waals surface area contributed by atoms with Crippen LogP contribution in [0.2, 0.25) is 5.02 Å². The van der Waals surface area contributed by atoms with E-state index in [1.807, 2.05) is 24.3 Å². The van der Waals surface area contributed by atoms with Crippen LogP contribution in [0.1, 0.15) is 15.2 Å². The summed E-state index contributed by atoms with van der Waals surface area (Å²) in [6.07, 6.45) is 1.39. The number of carbonyl (C=O) groups is 2. The van der Waals surface area contributed by atoms with Crippen LogP contribution in [0.25, 0.3) is 16.5 Å². The lowest BCUT2D eigenvalue weighted by molar-refractivity contribution is -0.132. The second-order valence-corrected chi connectivity index (χ2v) is 7.07. The first kappa shape index (κ1) is 18.7. The Morgan fingerprint density at radius 3 is 2.37 bits per heavy atom. The molecule has 0 fully saturated rings. The van der Waals surface area contributed by atoms with Gasteiger partial charge in [0.25, 0.3) is 5.91 Å². The van der Waals surface area contributed by atoms with Gasteiger partial charge in [0.15, 0.2) is 0 Å². The molecule has 0 aliphatic carbocycles. The van der Waals surface area contributed by atoms with E-state index in [0.29, 0.717) is 9.90 Å². The normalized spacial score (nSPS) is 11.2. The number of phenolic OH excluding ortho intramolecular Hbond substituents is 1. The van der Waals surface area contributed by atoms with Crippen LogP contribution in [0, 0.1) is 0 Å². The minimum atomic E-state index is -1.25. The fourth-order valence-corrected chi connectivity index (χ4v) is 3.62. The number of aromatic hydroxyl groups is 1. The summed E-state index contributed by atoms with van der Waals surface area (Å²) >= 11 is 7.56. The van der Waals surface area contributed by atoms with Gasteiger partial charge >= 0.3 is 5.97 Å². The molecule has 0 saturated heterocycles. The zero-order valence-electron chi connectivity index (χ0n) is 13.8. The Hall–Kier alpha value is -3.09. The number of carboxylic acids is 1. The van der Waals surface area contributed by atoms with Gasteiger partial charge in [-0.15, -0.1) is 11.3 Å². The molecule has 7 heteroatoms. The molecule has 1 heterocycles. The van der Waals surface area contributed by atoms with Gasteiger partial charge in [-0.05, 0) is 48.5 Å². The van der Waals surface area contributed by atoms with E-state index in [9.17, 15) is 19.8 Å². The van der Waals surface area contributed by atoms with Crippen molar-refractivity contribution in [1.82, 2.24) is 5.32 Å². The molecule has 27 heavy (non-hydrogen) atoms. The molecule has 2 aromatic carbocycles. The molecule has 5 nitrogen and oxygen atoms in total. The number of phenols is 1. The Kier molecular flexibility index (Phi) is 5.59. The van der Waals surface area contributed by atoms with Crippen LogP contribution in [-0.4, -0.2) is 22.1 Å². The first-order valence-corrected chi connectivity index (χ1v) is 9.03. The SMILES string of the molecule is O=C(O)C(=Cc1ccc(-c2ccccc2Cl)s1)NC(=O)c1ccc(O)cc1. The standard InChI is InChI=1S/C20H14ClNO4S/c21-16-4-2-1-3-15(16)18-10-9-14(27-18)11-17(20(25)26)22-19(24)12-5-7-13(23)8-6-12/h1-11,23H,(H,22,24)(H,25,26). The number of rotatable bonds is 5. The molecule has 0 unspecified atom stereocenters. The summed E-state index contributed by atoms with van der Waals surface area (Å²) in [5.74, 6) is -1.81. The monoisotopic (exact) mass is 399 g/mol. The molecule has 3 aromatic rings. The predicted octanol–water partition coefficient (Wildman–Crippen LogP) is 4.63. The third-order valence-corrected chi connectivity index (χ3v) is 5.06. The predicted molar refractivity (Wildman–Crippen MR) is 106 cm³/mol. The maximum Gasteiger partial charge on any atom is 0.352 e. The van der Waals surface area contributed by atoms with Gasteiger partial charge in [0.2, 0.25) is 0 Å². The van der Waals surface area contributed by atoms with Gasteiger partial charge in [-0.2, -0.15) is 0 Å². The summed E-state index contributed by atoms with van der Waals surface area (Å²) in [5.41, 5.74) is 0.845. The highest BCUT2D eigenvalue weighted by molar-refractivity contribution is 7.16. The molecular formula is C20H14ClNO4S. The third kappa shape index (κ3) is 4.55. The number of hydrogen-bond acceptors (Lipinski definition) is 4. The topological polar surface area (TPSA) is 86.6 Å². The molecule has 0 radical (unpaired) electrons. The van der Waals surface area contributed by atoms with Crippen molar-refractivity contribution in [2.24, 2.45) is 0 Å². The lowest BCUT2D eigenvalue weighted by atomic mass is 10.2. The first-order valence-electron chi connectivity index (χ1n) is 7.84. The number of carbonyl (C=O) groups excluding carboxylic acids is 1. The van der Waals surface area contributed by atoms with Crippen LogP contribution in [-0.2, 0) is 4.79 Å². The van der Waals surface area contributed by atoms with Crippen LogP contribution >= 0.6 is 22.9 Å². The molecule has 3 rings (SSSR count). The van der Waals surface area contributed by atoms with Crippen molar-refractivity contribution in [3.05, 3.63) is 81.8 Å². The van der Waals surface area contributed by atoms with Crippen molar-refractivity contribution in [3.63, 3.8) is 0 Å². The van der Waals surface area contributed by atoms with Crippen molar-refractivity contribution in [3.8, 4) is 16.2 Å². The van der Waals surface area contributed by atoms with Crippen molar-refractivity contribution in [1.29, 1.82) is 0 Å². The fourth-order valence-electron chi connectivity index (χ4n) is 2.34. The molecular weight excluding hydrogens is 386 g/mol. The molecule has 0 atom stereocenters. The van der Waals surface area contributed by atoms with Crippen LogP contribution in [0.3, 0.4) is 0 Å². The van der Waals surface area contributed by atoms with Crippen molar-refractivity contribution in [2.75, 3.05) is 0 Å². The summed E-state index contributed by atoms with van der Waals surface area (Å²) in [7, 11) is 0. The number of thiophene rings is 1. The minimum absolute atomic E-state index is 0.0197. The molecule has 1 amide bonds. The van der Waals surface area contributed by atoms with Crippen molar-refractivity contribution >= 4 is 40.9 Å². The van der Waals surface area contributed by atoms with Gasteiger partial charge in [-0.1, -0.05) is 29.8 Å². The van der Waals surface area contributed by atoms with Crippen LogP contribution in [0.15, 0.2) is 66.4 Å². The molecule has 0 saturated carbocycles. The quantitative estimate of drug-likeness (QED) is 0.546. The molecule has 1 aromatic heterocycles. The van der Waals surface area contributed by atoms with E-state index >= 15 is 0 Å². The molecule has 136 valence electrons. The van der Waals surface area contributed by atoms with E-state index in [-0.39, 0.29) is 17.0 Å². The number of halogens is 1. The first-order chi connectivity index (χ1) is 12.9. The highest BCUT2D eigenvalue weighted by Crippen LogP contribution is 2.33. The van der Waals surface area contributed by atoms with E-state index in [1.54, 1.807) is 12.1 Å². The van der Waals surface area contributed by atoms with E-state index in [2.05, 4.69) is 5.32 Å².